The molecule has 1 saturated heterocycles. The topological polar surface area (TPSA) is 61.8 Å². The van der Waals surface area contributed by atoms with E-state index < -0.39 is 7.25 Å². The van der Waals surface area contributed by atoms with Crippen molar-refractivity contribution in [3.63, 3.8) is 0 Å². The van der Waals surface area contributed by atoms with Crippen molar-refractivity contribution < 1.29 is 14.6 Å². The van der Waals surface area contributed by atoms with Crippen molar-refractivity contribution in [3.05, 3.63) is 0 Å². The first-order valence-corrected chi connectivity index (χ1v) is 4.05. The fraction of sp³-hybridized carbons (Fsp3) is 0.833. The van der Waals surface area contributed by atoms with Gasteiger partial charge in [0, 0.05) is 20.0 Å². The summed E-state index contributed by atoms with van der Waals surface area (Å²) < 4.78 is 4.98. The van der Waals surface area contributed by atoms with Crippen molar-refractivity contribution in [3.8, 4) is 0 Å². The predicted octanol–water partition coefficient (Wildman–Crippen LogP) is -0.873. The van der Waals surface area contributed by atoms with E-state index in [2.05, 4.69) is 5.23 Å². The van der Waals surface area contributed by atoms with E-state index in [1.54, 1.807) is 5.06 Å². The maximum Gasteiger partial charge on any atom is 0.607 e. The lowest BCUT2D eigenvalue weighted by Crippen LogP contribution is -2.44. The Balaban J connectivity index is 2.16. The van der Waals surface area contributed by atoms with E-state index in [4.69, 9.17) is 9.78 Å². The lowest BCUT2D eigenvalue weighted by atomic mass is 10.1. The molecule has 1 aliphatic heterocycles. The molecule has 0 aromatic rings. The Kier molecular flexibility index (Phi) is 3.52. The normalized spacial score (nSPS) is 17.8. The van der Waals surface area contributed by atoms with Gasteiger partial charge in [0.15, 0.2) is 0 Å². The average molecular weight is 172 g/mol. The molecule has 68 valence electrons. The summed E-state index contributed by atoms with van der Waals surface area (Å²) in [6.45, 7) is 2.96. The highest BCUT2D eigenvalue weighted by Gasteiger charge is 2.22. The minimum Gasteiger partial charge on any atom is -0.407 e. The second-order valence-electron chi connectivity index (χ2n) is 2.79. The van der Waals surface area contributed by atoms with Crippen molar-refractivity contribution in [2.75, 3.05) is 13.1 Å². The van der Waals surface area contributed by atoms with Gasteiger partial charge >= 0.3 is 7.25 Å². The molecule has 1 heterocycles. The Morgan fingerprint density at radius 2 is 2.17 bits per heavy atom. The van der Waals surface area contributed by atoms with Gasteiger partial charge < -0.3 is 15.0 Å². The molecule has 0 radical (unpaired) electrons. The number of nitrogens with one attached hydrogen (secondary N) is 1. The lowest BCUT2D eigenvalue weighted by Gasteiger charge is -2.16. The number of amides is 1. The minimum absolute atomic E-state index is 0.304. The van der Waals surface area contributed by atoms with Crippen molar-refractivity contribution >= 4 is 13.2 Å². The Hall–Kier alpha value is -0.585. The standard InChI is InChI=1S/C6H13BN2O3/c1-6(10)8-7(11)12-9-4-2-3-5-9/h11H,2-5H2,1H3,(H,8,10). The predicted molar refractivity (Wildman–Crippen MR) is 43.7 cm³/mol. The second kappa shape index (κ2) is 4.44. The molecular formula is C6H13BN2O3. The first-order valence-electron chi connectivity index (χ1n) is 4.05. The summed E-state index contributed by atoms with van der Waals surface area (Å²) in [6, 6.07) is 0. The molecule has 0 atom stereocenters. The Bertz CT molecular complexity index is 161. The number of hydrogen-bond donors (Lipinski definition) is 2. The summed E-state index contributed by atoms with van der Waals surface area (Å²) in [5, 5.41) is 13.0. The summed E-state index contributed by atoms with van der Waals surface area (Å²) >= 11 is 0. The SMILES string of the molecule is CC(=O)NB(O)ON1CCCC1. The van der Waals surface area contributed by atoms with E-state index in [1.165, 1.54) is 6.92 Å². The summed E-state index contributed by atoms with van der Waals surface area (Å²) in [5.74, 6) is -0.304. The van der Waals surface area contributed by atoms with Gasteiger partial charge in [-0.1, -0.05) is 0 Å². The van der Waals surface area contributed by atoms with Crippen molar-refractivity contribution in [2.45, 2.75) is 19.8 Å². The monoisotopic (exact) mass is 172 g/mol. The van der Waals surface area contributed by atoms with Gasteiger partial charge in [0.2, 0.25) is 5.91 Å². The zero-order valence-corrected chi connectivity index (χ0v) is 7.12. The third kappa shape index (κ3) is 3.21. The molecular weight excluding hydrogens is 159 g/mol. The van der Waals surface area contributed by atoms with Crippen LogP contribution in [-0.4, -0.2) is 36.3 Å². The lowest BCUT2D eigenvalue weighted by molar-refractivity contribution is -0.119. The Morgan fingerprint density at radius 1 is 1.58 bits per heavy atom. The average Bonchev–Trinajstić information content (AvgIpc) is 2.37. The number of hydrogen-bond acceptors (Lipinski definition) is 4. The van der Waals surface area contributed by atoms with Gasteiger partial charge in [-0.05, 0) is 12.8 Å². The molecule has 6 heteroatoms. The highest BCUT2D eigenvalue weighted by atomic mass is 16.7. The molecule has 12 heavy (non-hydrogen) atoms. The van der Waals surface area contributed by atoms with E-state index in [9.17, 15) is 4.79 Å². The molecule has 1 amide bonds. The molecule has 0 aromatic heterocycles. The fourth-order valence-corrected chi connectivity index (χ4v) is 1.13. The molecule has 0 bridgehead atoms. The summed E-state index contributed by atoms with van der Waals surface area (Å²) in [4.78, 5) is 10.5. The highest BCUT2D eigenvalue weighted by molar-refractivity contribution is 6.43. The first-order chi connectivity index (χ1) is 5.68. The maximum absolute atomic E-state index is 10.5. The zero-order chi connectivity index (χ0) is 8.97. The van der Waals surface area contributed by atoms with E-state index >= 15 is 0 Å². The van der Waals surface area contributed by atoms with E-state index in [0.717, 1.165) is 25.9 Å². The van der Waals surface area contributed by atoms with Crippen LogP contribution in [0.15, 0.2) is 0 Å². The first kappa shape index (κ1) is 9.50. The van der Waals surface area contributed by atoms with Crippen molar-refractivity contribution in [1.29, 1.82) is 0 Å². The third-order valence-electron chi connectivity index (χ3n) is 1.64. The molecule has 1 rings (SSSR count). The minimum atomic E-state index is -1.21. The number of hydroxylamine groups is 2. The smallest absolute Gasteiger partial charge is 0.407 e. The number of carbonyl (C=O) groups excluding carboxylic acids is 1. The van der Waals surface area contributed by atoms with Crippen LogP contribution in [0.1, 0.15) is 19.8 Å². The Morgan fingerprint density at radius 3 is 2.67 bits per heavy atom. The molecule has 5 nitrogen and oxygen atoms in total. The van der Waals surface area contributed by atoms with Crippen LogP contribution in [0.3, 0.4) is 0 Å². The van der Waals surface area contributed by atoms with Gasteiger partial charge in [0.25, 0.3) is 0 Å². The van der Waals surface area contributed by atoms with Gasteiger partial charge in [0.05, 0.1) is 0 Å². The van der Waals surface area contributed by atoms with Crippen LogP contribution in [0.5, 0.6) is 0 Å². The highest BCUT2D eigenvalue weighted by Crippen LogP contribution is 2.07. The van der Waals surface area contributed by atoms with Crippen LogP contribution < -0.4 is 5.23 Å². The fourth-order valence-electron chi connectivity index (χ4n) is 1.13. The molecule has 0 spiro atoms. The number of carbonyl (C=O) groups is 1. The summed E-state index contributed by atoms with van der Waals surface area (Å²) in [7, 11) is -1.21. The van der Waals surface area contributed by atoms with Gasteiger partial charge in [-0.3, -0.25) is 4.79 Å². The van der Waals surface area contributed by atoms with Gasteiger partial charge in [-0.2, -0.15) is 0 Å². The zero-order valence-electron chi connectivity index (χ0n) is 7.12. The molecule has 1 fully saturated rings. The molecule has 0 aliphatic carbocycles. The molecule has 0 saturated carbocycles. The third-order valence-corrected chi connectivity index (χ3v) is 1.64. The number of rotatable bonds is 3. The summed E-state index contributed by atoms with van der Waals surface area (Å²) in [6.07, 6.45) is 2.15. The molecule has 1 aliphatic rings. The largest absolute Gasteiger partial charge is 0.607 e. The van der Waals surface area contributed by atoms with Crippen LogP contribution in [0, 0.1) is 0 Å². The van der Waals surface area contributed by atoms with Crippen LogP contribution in [-0.2, 0) is 9.55 Å². The van der Waals surface area contributed by atoms with Crippen molar-refractivity contribution in [2.24, 2.45) is 0 Å². The Labute approximate surface area is 71.8 Å². The molecule has 2 N–H and O–H groups in total. The maximum atomic E-state index is 10.5. The van der Waals surface area contributed by atoms with Gasteiger partial charge in [-0.25, -0.2) is 5.06 Å². The van der Waals surface area contributed by atoms with Gasteiger partial charge in [0.1, 0.15) is 0 Å². The number of nitrogens with zero attached hydrogens (tertiary/aromatic N) is 1. The molecule has 0 unspecified atom stereocenters. The van der Waals surface area contributed by atoms with Crippen LogP contribution in [0.2, 0.25) is 0 Å². The van der Waals surface area contributed by atoms with Gasteiger partial charge in [-0.15, -0.1) is 0 Å². The second-order valence-corrected chi connectivity index (χ2v) is 2.79. The van der Waals surface area contributed by atoms with E-state index in [-0.39, 0.29) is 5.91 Å². The van der Waals surface area contributed by atoms with Crippen LogP contribution >= 0.6 is 0 Å². The van der Waals surface area contributed by atoms with E-state index in [0.29, 0.717) is 0 Å². The molecule has 0 aromatic carbocycles. The van der Waals surface area contributed by atoms with Crippen LogP contribution in [0.25, 0.3) is 0 Å². The van der Waals surface area contributed by atoms with Crippen LogP contribution in [0.4, 0.5) is 0 Å². The van der Waals surface area contributed by atoms with E-state index in [1.807, 2.05) is 0 Å². The van der Waals surface area contributed by atoms with Crippen molar-refractivity contribution in [1.82, 2.24) is 10.3 Å². The summed E-state index contributed by atoms with van der Waals surface area (Å²) in [5.41, 5.74) is 0. The quantitative estimate of drug-likeness (QED) is 0.543.